The number of anilines is 2. The van der Waals surface area contributed by atoms with Gasteiger partial charge in [0, 0.05) is 69.5 Å². The number of primary amides is 1. The zero-order chi connectivity index (χ0) is 70.2. The topological polar surface area (TPSA) is 304 Å². The Morgan fingerprint density at radius 3 is 1.35 bits per heavy atom. The number of hydrogen-bond donors (Lipinski definition) is 7. The summed E-state index contributed by atoms with van der Waals surface area (Å²) in [7, 11) is 4.41. The third-order valence-electron chi connectivity index (χ3n) is 15.9. The van der Waals surface area contributed by atoms with Gasteiger partial charge in [0.2, 0.25) is 17.7 Å². The predicted molar refractivity (Wildman–Crippen MR) is 340 cm³/mol. The number of Topliss-reactive ketones (excluding diaryl/α,β-unsaturated/α-hetero) is 1. The number of carbonyl (C=O) groups excluding carboxylic acids is 7. The quantitative estimate of drug-likeness (QED) is 0.0502. The third kappa shape index (κ3) is 17.0. The van der Waals surface area contributed by atoms with E-state index < -0.39 is 93.3 Å². The Morgan fingerprint density at radius 1 is 0.568 bits per heavy atom. The van der Waals surface area contributed by atoms with Crippen LogP contribution >= 0.6 is 0 Å². The number of benzene rings is 3. The van der Waals surface area contributed by atoms with E-state index in [2.05, 4.69) is 41.9 Å². The second-order valence-electron chi connectivity index (χ2n) is 26.2. The van der Waals surface area contributed by atoms with Gasteiger partial charge < -0.3 is 56.7 Å². The molecule has 0 radical (unpaired) electrons. The molecule has 3 aromatic carbocycles. The Kier molecular flexibility index (Phi) is 23.5. The molecule has 3 aliphatic rings. The number of nitrogens with one attached hydrogen (secondary N) is 5. The SMILES string of the molecule is CC(C)(C)[C@H](NC(=O)n1nc(-c2ccc(F)c(F)c2)c2c1CCOC2)C(N)=O.CNC(=O)[C@@H](NC(=O)n1nc(-c2ccc(F)c(F)c2)c2c1CCCN2CC(=O)COC)C(C)(C)C.CNC(=O)[C@@H](NC(=O)n1nc(-c2ccc(F)c(F)c2)c2c1CCCN2CCO)C(C)(C)C. The van der Waals surface area contributed by atoms with Crippen molar-refractivity contribution in [3.05, 3.63) is 112 Å². The molecule has 3 atom stereocenters. The van der Waals surface area contributed by atoms with Gasteiger partial charge in [-0.1, -0.05) is 62.3 Å². The van der Waals surface area contributed by atoms with Crippen LogP contribution in [0.5, 0.6) is 0 Å². The van der Waals surface area contributed by atoms with Crippen molar-refractivity contribution in [1.82, 2.24) is 55.9 Å². The van der Waals surface area contributed by atoms with Gasteiger partial charge in [0.1, 0.15) is 36.1 Å². The molecule has 3 aliphatic heterocycles. The molecule has 8 N–H and O–H groups in total. The normalized spacial score (nSPS) is 14.6. The molecule has 6 amide bonds. The molecule has 24 nitrogen and oxygen atoms in total. The number of rotatable bonds is 15. The highest BCUT2D eigenvalue weighted by atomic mass is 19.2. The molecular formula is C65H82F6N14O10. The second-order valence-corrected chi connectivity index (χ2v) is 26.2. The number of hydrogen-bond acceptors (Lipinski definition) is 15. The first-order valence-electron chi connectivity index (χ1n) is 30.7. The number of β-amino-alcohol motifs (C(OH)–C–C–N with tert-alkyl or cyclic N) is 1. The fraction of sp³-hybridized carbons (Fsp3) is 0.477. The van der Waals surface area contributed by atoms with Crippen molar-refractivity contribution < 1.29 is 74.5 Å². The summed E-state index contributed by atoms with van der Waals surface area (Å²) in [5, 5.41) is 35.9. The van der Waals surface area contributed by atoms with E-state index in [4.69, 9.17) is 15.2 Å². The molecule has 0 saturated carbocycles. The molecule has 6 heterocycles. The molecule has 0 aliphatic carbocycles. The maximum atomic E-state index is 14.1. The second kappa shape index (κ2) is 30.5. The van der Waals surface area contributed by atoms with Crippen LogP contribution in [0.4, 0.5) is 52.1 Å². The number of aliphatic hydroxyl groups is 1. The molecule has 0 spiro atoms. The van der Waals surface area contributed by atoms with Crippen molar-refractivity contribution in [1.29, 1.82) is 0 Å². The molecule has 6 aromatic rings. The molecule has 514 valence electrons. The maximum Gasteiger partial charge on any atom is 0.343 e. The molecule has 0 bridgehead atoms. The molecule has 9 rings (SSSR count). The molecular weight excluding hydrogens is 1250 g/mol. The first kappa shape index (κ1) is 73.3. The highest BCUT2D eigenvalue weighted by Crippen LogP contribution is 2.40. The van der Waals surface area contributed by atoms with Crippen LogP contribution in [0, 0.1) is 51.1 Å². The van der Waals surface area contributed by atoms with E-state index in [1.807, 2.05) is 46.4 Å². The number of carbonyl (C=O) groups is 7. The van der Waals surface area contributed by atoms with Crippen LogP contribution in [0.2, 0.25) is 0 Å². The van der Waals surface area contributed by atoms with Gasteiger partial charge >= 0.3 is 18.1 Å². The van der Waals surface area contributed by atoms with Crippen molar-refractivity contribution in [3.8, 4) is 33.8 Å². The fourth-order valence-corrected chi connectivity index (χ4v) is 11.2. The number of amides is 6. The summed E-state index contributed by atoms with van der Waals surface area (Å²) in [6.07, 6.45) is 2.77. The van der Waals surface area contributed by atoms with Gasteiger partial charge in [-0.25, -0.2) is 40.7 Å². The van der Waals surface area contributed by atoms with Gasteiger partial charge in [0.15, 0.2) is 40.7 Å². The highest BCUT2D eigenvalue weighted by molar-refractivity contribution is 5.93. The summed E-state index contributed by atoms with van der Waals surface area (Å²) in [6, 6.07) is 5.80. The monoisotopic (exact) mass is 1330 g/mol. The molecule has 3 aromatic heterocycles. The minimum atomic E-state index is -1.06. The van der Waals surface area contributed by atoms with Crippen LogP contribution in [0.25, 0.3) is 33.8 Å². The van der Waals surface area contributed by atoms with Crippen molar-refractivity contribution in [2.75, 3.05) is 77.0 Å². The number of halogens is 6. The van der Waals surface area contributed by atoms with Crippen molar-refractivity contribution in [2.24, 2.45) is 22.0 Å². The Morgan fingerprint density at radius 2 is 0.958 bits per heavy atom. The Hall–Kier alpha value is -9.16. The lowest BCUT2D eigenvalue weighted by Crippen LogP contribution is -2.54. The van der Waals surface area contributed by atoms with Gasteiger partial charge in [0.05, 0.1) is 60.5 Å². The molecule has 0 fully saturated rings. The molecule has 0 saturated heterocycles. The summed E-state index contributed by atoms with van der Waals surface area (Å²) in [6.45, 7) is 18.1. The molecule has 95 heavy (non-hydrogen) atoms. The minimum Gasteiger partial charge on any atom is -0.395 e. The number of ether oxygens (including phenoxy) is 2. The van der Waals surface area contributed by atoms with Crippen LogP contribution < -0.4 is 42.1 Å². The van der Waals surface area contributed by atoms with E-state index >= 15 is 0 Å². The van der Waals surface area contributed by atoms with E-state index in [9.17, 15) is 65.0 Å². The van der Waals surface area contributed by atoms with Crippen LogP contribution in [-0.4, -0.2) is 161 Å². The van der Waals surface area contributed by atoms with Crippen LogP contribution in [0.1, 0.15) is 97.8 Å². The predicted octanol–water partition coefficient (Wildman–Crippen LogP) is 7.17. The lowest BCUT2D eigenvalue weighted by molar-refractivity contribution is -0.125. The number of ketones is 1. The van der Waals surface area contributed by atoms with Crippen LogP contribution in [0.3, 0.4) is 0 Å². The van der Waals surface area contributed by atoms with E-state index in [1.165, 1.54) is 44.1 Å². The van der Waals surface area contributed by atoms with Gasteiger partial charge in [-0.05, 0) is 96.5 Å². The van der Waals surface area contributed by atoms with Crippen molar-refractivity contribution in [2.45, 2.75) is 119 Å². The Balaban J connectivity index is 0.000000203. The summed E-state index contributed by atoms with van der Waals surface area (Å²) in [4.78, 5) is 92.1. The average Bonchev–Trinajstić information content (AvgIpc) is 1.63. The zero-order valence-electron chi connectivity index (χ0n) is 55.2. The van der Waals surface area contributed by atoms with Gasteiger partial charge in [-0.15, -0.1) is 0 Å². The van der Waals surface area contributed by atoms with Gasteiger partial charge in [0.25, 0.3) is 0 Å². The summed E-state index contributed by atoms with van der Waals surface area (Å²) in [5.41, 5.74) is 8.89. The smallest absolute Gasteiger partial charge is 0.343 e. The molecule has 30 heteroatoms. The summed E-state index contributed by atoms with van der Waals surface area (Å²) in [5.74, 6) is -7.59. The van der Waals surface area contributed by atoms with Crippen molar-refractivity contribution in [3.63, 3.8) is 0 Å². The Bertz CT molecular complexity index is 3850. The zero-order valence-corrected chi connectivity index (χ0v) is 55.2. The summed E-state index contributed by atoms with van der Waals surface area (Å²) >= 11 is 0. The number of nitrogens with zero attached hydrogens (tertiary/aromatic N) is 8. The fourth-order valence-electron chi connectivity index (χ4n) is 11.2. The van der Waals surface area contributed by atoms with E-state index in [0.29, 0.717) is 108 Å². The lowest BCUT2D eigenvalue weighted by Gasteiger charge is -2.31. The van der Waals surface area contributed by atoms with Crippen LogP contribution in [-0.2, 0) is 54.5 Å². The minimum absolute atomic E-state index is 0.00762. The first-order chi connectivity index (χ1) is 44.6. The van der Waals surface area contributed by atoms with E-state index in [-0.39, 0.29) is 55.2 Å². The number of fused-ring (bicyclic) bond motifs is 3. The van der Waals surface area contributed by atoms with Crippen LogP contribution in [0.15, 0.2) is 54.6 Å². The maximum absolute atomic E-state index is 14.1. The standard InChI is InChI=1S/C24H31F2N5O4.C22H29F2N5O3.C19H22F2N4O3/c1-24(2,3)21(22(33)27-4)28-23(34)31-18-7-6-10-30(12-15(32)13-35-5)20(18)19(29-31)14-8-9-16(25)17(26)11-14;1-22(2,3)19(20(31)25-4)26-21(32)29-16-6-5-9-28(10-11-30)18(16)17(27-29)13-7-8-14(23)15(24)12-13;1-19(2,3)16(17(22)26)23-18(27)25-14-6-7-28-9-11(14)15(24-25)10-4-5-12(20)13(21)8-10/h8-9,11,21H,6-7,10,12-13H2,1-5H3,(H,27,33)(H,28,34);7-8,12,19,30H,5-6,9-11H2,1-4H3,(H,25,31)(H,26,32);4-5,8,16H,6-7,9H2,1-3H3,(H2,22,26)(H,23,27)/t21-;19-;16-/m111/s1. The van der Waals surface area contributed by atoms with Gasteiger partial charge in [-0.2, -0.15) is 29.3 Å². The number of likely N-dealkylation sites (N-methyl/N-ethyl adjacent to an activating group) is 2. The first-order valence-corrected chi connectivity index (χ1v) is 30.7. The van der Waals surface area contributed by atoms with E-state index in [0.717, 1.165) is 52.2 Å². The lowest BCUT2D eigenvalue weighted by atomic mass is 9.86. The third-order valence-corrected chi connectivity index (χ3v) is 15.9. The largest absolute Gasteiger partial charge is 0.395 e. The van der Waals surface area contributed by atoms with Crippen molar-refractivity contribution >= 4 is 53.0 Å². The van der Waals surface area contributed by atoms with Gasteiger partial charge in [-0.3, -0.25) is 19.2 Å². The number of aliphatic hydroxyl groups excluding tert-OH is 1. The number of methoxy groups -OCH3 is 1. The average molecular weight is 1330 g/mol. The summed E-state index contributed by atoms with van der Waals surface area (Å²) < 4.78 is 96.0. The number of aromatic nitrogens is 6. The van der Waals surface area contributed by atoms with E-state index in [1.54, 1.807) is 25.7 Å². The molecule has 0 unspecified atom stereocenters. The highest BCUT2D eigenvalue weighted by Gasteiger charge is 2.39. The Labute approximate surface area is 545 Å². The number of nitrogens with two attached hydrogens (primary N) is 1.